The van der Waals surface area contributed by atoms with Crippen molar-refractivity contribution in [3.05, 3.63) is 82.3 Å². The minimum Gasteiger partial charge on any atom is -0.496 e. The lowest BCUT2D eigenvalue weighted by Crippen LogP contribution is -2.29. The molecule has 0 aliphatic carbocycles. The number of hydrogen-bond donors (Lipinski definition) is 0. The van der Waals surface area contributed by atoms with Crippen LogP contribution in [0.1, 0.15) is 16.7 Å². The maximum Gasteiger partial charge on any atom is 0.271 e. The molecular weight excluding hydrogens is 448 g/mol. The number of carbonyl (C=O) groups is 1. The summed E-state index contributed by atoms with van der Waals surface area (Å²) < 4.78 is 16.5. The number of ether oxygens (including phenoxy) is 3. The van der Waals surface area contributed by atoms with Crippen LogP contribution in [0.15, 0.2) is 70.6 Å². The number of rotatable bonds is 6. The Bertz CT molecular complexity index is 1270. The van der Waals surface area contributed by atoms with Gasteiger partial charge in [-0.15, -0.1) is 0 Å². The highest BCUT2D eigenvalue weighted by Gasteiger charge is 2.36. The first-order chi connectivity index (χ1) is 16.5. The molecule has 1 aliphatic heterocycles. The van der Waals surface area contributed by atoms with Gasteiger partial charge in [-0.3, -0.25) is 9.69 Å². The molecule has 4 rings (SSSR count). The zero-order chi connectivity index (χ0) is 24.2. The van der Waals surface area contributed by atoms with Gasteiger partial charge in [0, 0.05) is 12.1 Å². The molecule has 0 aromatic heterocycles. The van der Waals surface area contributed by atoms with Crippen LogP contribution < -0.4 is 19.1 Å². The minimum atomic E-state index is -0.161. The van der Waals surface area contributed by atoms with Crippen LogP contribution in [0.4, 0.5) is 11.4 Å². The monoisotopic (exact) mass is 474 g/mol. The topological polar surface area (TPSA) is 60.4 Å². The van der Waals surface area contributed by atoms with Crippen LogP contribution in [0.2, 0.25) is 0 Å². The van der Waals surface area contributed by atoms with Crippen molar-refractivity contribution in [1.29, 1.82) is 0 Å². The molecular formula is C27H26N2O4S. The number of para-hydroxylation sites is 2. The van der Waals surface area contributed by atoms with E-state index in [2.05, 4.69) is 0 Å². The van der Waals surface area contributed by atoms with Crippen LogP contribution in [-0.4, -0.2) is 32.4 Å². The minimum absolute atomic E-state index is 0.161. The number of nitrogens with zero attached hydrogens (tertiary/aromatic N) is 2. The standard InChI is InChI=1S/C27H26N2O4S/c1-17-10-6-8-12-21(17)28-27-29(22-13-9-7-11-18(22)2)26(30)25(34-27)16-20-23(32-4)14-19(31-3)15-24(20)33-5/h6-16H,1-5H3. The summed E-state index contributed by atoms with van der Waals surface area (Å²) in [6.45, 7) is 3.98. The van der Waals surface area contributed by atoms with E-state index in [0.29, 0.717) is 32.9 Å². The summed E-state index contributed by atoms with van der Waals surface area (Å²) >= 11 is 1.32. The maximum absolute atomic E-state index is 13.7. The van der Waals surface area contributed by atoms with E-state index in [9.17, 15) is 4.79 Å². The Labute approximate surface area is 203 Å². The number of benzene rings is 3. The van der Waals surface area contributed by atoms with Crippen LogP contribution >= 0.6 is 11.8 Å². The first kappa shape index (κ1) is 23.4. The van der Waals surface area contributed by atoms with Crippen LogP contribution in [0.3, 0.4) is 0 Å². The molecule has 1 heterocycles. The van der Waals surface area contributed by atoms with Crippen LogP contribution in [-0.2, 0) is 4.79 Å². The first-order valence-electron chi connectivity index (χ1n) is 10.7. The summed E-state index contributed by atoms with van der Waals surface area (Å²) in [5.74, 6) is 1.53. The Hall–Kier alpha value is -3.71. The highest BCUT2D eigenvalue weighted by Crippen LogP contribution is 2.42. The van der Waals surface area contributed by atoms with Gasteiger partial charge < -0.3 is 14.2 Å². The number of methoxy groups -OCH3 is 3. The quantitative estimate of drug-likeness (QED) is 0.402. The molecule has 0 bridgehead atoms. The fraction of sp³-hybridized carbons (Fsp3) is 0.185. The van der Waals surface area contributed by atoms with E-state index in [1.165, 1.54) is 11.8 Å². The molecule has 174 valence electrons. The number of thioether (sulfide) groups is 1. The molecule has 1 amide bonds. The average molecular weight is 475 g/mol. The van der Waals surface area contributed by atoms with Crippen molar-refractivity contribution in [1.82, 2.24) is 0 Å². The molecule has 3 aromatic rings. The van der Waals surface area contributed by atoms with Crippen molar-refractivity contribution >= 4 is 40.3 Å². The van der Waals surface area contributed by atoms with Gasteiger partial charge >= 0.3 is 0 Å². The van der Waals surface area contributed by atoms with Gasteiger partial charge in [0.25, 0.3) is 5.91 Å². The van der Waals surface area contributed by atoms with Gasteiger partial charge in [0.2, 0.25) is 0 Å². The van der Waals surface area contributed by atoms with E-state index in [0.717, 1.165) is 22.5 Å². The van der Waals surface area contributed by atoms with E-state index < -0.39 is 0 Å². The lowest BCUT2D eigenvalue weighted by atomic mass is 10.1. The van der Waals surface area contributed by atoms with E-state index in [4.69, 9.17) is 19.2 Å². The van der Waals surface area contributed by atoms with Gasteiger partial charge in [-0.25, -0.2) is 4.99 Å². The van der Waals surface area contributed by atoms with Gasteiger partial charge in [0.1, 0.15) is 17.2 Å². The third-order valence-corrected chi connectivity index (χ3v) is 6.49. The SMILES string of the molecule is COc1cc(OC)c(C=C2SC(=Nc3ccccc3C)N(c3ccccc3C)C2=O)c(OC)c1. The second kappa shape index (κ2) is 10.1. The largest absolute Gasteiger partial charge is 0.496 e. The lowest BCUT2D eigenvalue weighted by molar-refractivity contribution is -0.113. The number of hydrogen-bond acceptors (Lipinski definition) is 6. The Balaban J connectivity index is 1.87. The summed E-state index contributed by atoms with van der Waals surface area (Å²) in [5.41, 5.74) is 4.28. The van der Waals surface area contributed by atoms with Gasteiger partial charge in [0.05, 0.1) is 43.2 Å². The van der Waals surface area contributed by atoms with Crippen LogP contribution in [0, 0.1) is 13.8 Å². The van der Waals surface area contributed by atoms with E-state index in [1.807, 2.05) is 62.4 Å². The number of anilines is 1. The van der Waals surface area contributed by atoms with Gasteiger partial charge in [0.15, 0.2) is 5.17 Å². The Morgan fingerprint density at radius 2 is 1.47 bits per heavy atom. The normalized spacial score (nSPS) is 15.8. The second-order valence-corrected chi connectivity index (χ2v) is 8.67. The van der Waals surface area contributed by atoms with Crippen molar-refractivity contribution in [2.45, 2.75) is 13.8 Å². The lowest BCUT2D eigenvalue weighted by Gasteiger charge is -2.18. The number of aliphatic imine (C=N–C) groups is 1. The zero-order valence-corrected chi connectivity index (χ0v) is 20.6. The van der Waals surface area contributed by atoms with Crippen molar-refractivity contribution in [2.75, 3.05) is 26.2 Å². The molecule has 1 fully saturated rings. The summed E-state index contributed by atoms with van der Waals surface area (Å²) in [7, 11) is 4.73. The molecule has 0 saturated carbocycles. The molecule has 7 heteroatoms. The number of carbonyl (C=O) groups excluding carboxylic acids is 1. The second-order valence-electron chi connectivity index (χ2n) is 7.66. The van der Waals surface area contributed by atoms with Crippen LogP contribution in [0.5, 0.6) is 17.2 Å². The smallest absolute Gasteiger partial charge is 0.271 e. The fourth-order valence-electron chi connectivity index (χ4n) is 3.67. The predicted octanol–water partition coefficient (Wildman–Crippen LogP) is 6.14. The molecule has 6 nitrogen and oxygen atoms in total. The molecule has 0 radical (unpaired) electrons. The molecule has 0 N–H and O–H groups in total. The number of amidine groups is 1. The van der Waals surface area contributed by atoms with Gasteiger partial charge in [-0.2, -0.15) is 0 Å². The molecule has 3 aromatic carbocycles. The third-order valence-electron chi connectivity index (χ3n) is 5.52. The van der Waals surface area contributed by atoms with Crippen LogP contribution in [0.25, 0.3) is 6.08 Å². The zero-order valence-electron chi connectivity index (χ0n) is 19.8. The van der Waals surface area contributed by atoms with Gasteiger partial charge in [-0.1, -0.05) is 36.4 Å². The van der Waals surface area contributed by atoms with Crippen molar-refractivity contribution < 1.29 is 19.0 Å². The summed E-state index contributed by atoms with van der Waals surface area (Å²) in [4.78, 5) is 20.8. The summed E-state index contributed by atoms with van der Waals surface area (Å²) in [5, 5.41) is 0.589. The molecule has 0 unspecified atom stereocenters. The third kappa shape index (κ3) is 4.52. The average Bonchev–Trinajstić information content (AvgIpc) is 3.15. The Morgan fingerprint density at radius 3 is 2.06 bits per heavy atom. The predicted molar refractivity (Wildman–Crippen MR) is 139 cm³/mol. The number of aryl methyl sites for hydroxylation is 2. The van der Waals surface area contributed by atoms with Crippen molar-refractivity contribution in [3.63, 3.8) is 0 Å². The highest BCUT2D eigenvalue weighted by atomic mass is 32.2. The van der Waals surface area contributed by atoms with Gasteiger partial charge in [-0.05, 0) is 54.9 Å². The molecule has 34 heavy (non-hydrogen) atoms. The molecule has 1 aliphatic rings. The van der Waals surface area contributed by atoms with Crippen molar-refractivity contribution in [3.8, 4) is 17.2 Å². The maximum atomic E-state index is 13.7. The summed E-state index contributed by atoms with van der Waals surface area (Å²) in [6, 6.07) is 19.2. The van der Waals surface area contributed by atoms with Crippen molar-refractivity contribution in [2.24, 2.45) is 4.99 Å². The number of amides is 1. The Morgan fingerprint density at radius 1 is 0.853 bits per heavy atom. The Kier molecular flexibility index (Phi) is 6.93. The van der Waals surface area contributed by atoms with E-state index in [1.54, 1.807) is 44.4 Å². The molecule has 0 spiro atoms. The fourth-order valence-corrected chi connectivity index (χ4v) is 4.64. The molecule has 0 atom stereocenters. The highest BCUT2D eigenvalue weighted by molar-refractivity contribution is 8.19. The van der Waals surface area contributed by atoms with E-state index >= 15 is 0 Å². The first-order valence-corrected chi connectivity index (χ1v) is 11.5. The molecule has 1 saturated heterocycles. The summed E-state index contributed by atoms with van der Waals surface area (Å²) in [6.07, 6.45) is 1.79. The van der Waals surface area contributed by atoms with E-state index in [-0.39, 0.29) is 5.91 Å².